The van der Waals surface area contributed by atoms with Crippen molar-refractivity contribution in [2.75, 3.05) is 24.8 Å². The lowest BCUT2D eigenvalue weighted by atomic mass is 10.2. The Balaban J connectivity index is 1.94. The number of carbonyl (C=O) groups excluding carboxylic acids is 1. The molecule has 1 N–H and O–H groups in total. The van der Waals surface area contributed by atoms with Gasteiger partial charge in [-0.2, -0.15) is 0 Å². The fourth-order valence-electron chi connectivity index (χ4n) is 1.33. The molecule has 0 saturated carbocycles. The quantitative estimate of drug-likeness (QED) is 0.504. The minimum absolute atomic E-state index is 0.244. The van der Waals surface area contributed by atoms with Gasteiger partial charge in [0.1, 0.15) is 5.82 Å². The summed E-state index contributed by atoms with van der Waals surface area (Å²) >= 11 is 2.77. The molecule has 0 unspecified atom stereocenters. The maximum atomic E-state index is 13.0. The van der Waals surface area contributed by atoms with Crippen LogP contribution in [0.1, 0.15) is 10.4 Å². The van der Waals surface area contributed by atoms with E-state index >= 15 is 0 Å². The fraction of sp³-hybridized carbons (Fsp3) is 0.250. The third-order valence-electron chi connectivity index (χ3n) is 2.23. The largest absolute Gasteiger partial charge is 0.384 e. The van der Waals surface area contributed by atoms with Gasteiger partial charge in [-0.25, -0.2) is 4.39 Å². The first kappa shape index (κ1) is 14.9. The highest BCUT2D eigenvalue weighted by molar-refractivity contribution is 8.01. The molecule has 0 atom stereocenters. The Morgan fingerprint density at radius 1 is 1.50 bits per heavy atom. The highest BCUT2D eigenvalue weighted by Crippen LogP contribution is 2.25. The normalized spacial score (nSPS) is 10.5. The molecule has 0 radical (unpaired) electrons. The maximum Gasteiger partial charge on any atom is 0.257 e. The lowest BCUT2D eigenvalue weighted by Crippen LogP contribution is -2.11. The second-order valence-corrected chi connectivity index (χ2v) is 6.00. The number of halogens is 1. The van der Waals surface area contributed by atoms with E-state index in [0.717, 1.165) is 10.1 Å². The second-order valence-electron chi connectivity index (χ2n) is 3.68. The molecule has 1 amide bonds. The summed E-state index contributed by atoms with van der Waals surface area (Å²) in [5.74, 6) is -0.0944. The van der Waals surface area contributed by atoms with Crippen molar-refractivity contribution in [3.63, 3.8) is 0 Å². The summed E-state index contributed by atoms with van der Waals surface area (Å²) in [6, 6.07) is 5.47. The predicted octanol–water partition coefficient (Wildman–Crippen LogP) is 2.67. The van der Waals surface area contributed by atoms with Crippen molar-refractivity contribution in [3.8, 4) is 0 Å². The van der Waals surface area contributed by atoms with Crippen LogP contribution in [0.5, 0.6) is 0 Å². The number of ether oxygens (including phenoxy) is 1. The summed E-state index contributed by atoms with van der Waals surface area (Å²) in [4.78, 5) is 11.9. The first-order valence-corrected chi connectivity index (χ1v) is 7.51. The van der Waals surface area contributed by atoms with E-state index in [1.165, 1.54) is 47.4 Å². The number of hydrogen-bond acceptors (Lipinski definition) is 6. The number of hydrogen-bond donors (Lipinski definition) is 1. The van der Waals surface area contributed by atoms with Crippen molar-refractivity contribution in [2.45, 2.75) is 4.34 Å². The average molecular weight is 313 g/mol. The molecule has 0 aliphatic carbocycles. The first-order chi connectivity index (χ1) is 9.69. The lowest BCUT2D eigenvalue weighted by Gasteiger charge is -2.00. The molecular formula is C12H12FN3O2S2. The minimum Gasteiger partial charge on any atom is -0.384 e. The average Bonchev–Trinajstić information content (AvgIpc) is 2.86. The van der Waals surface area contributed by atoms with Crippen LogP contribution in [0.2, 0.25) is 0 Å². The SMILES string of the molecule is COCCSc1nnc(NC(=O)c2cccc(F)c2)s1. The molecule has 2 rings (SSSR count). The molecule has 1 aromatic carbocycles. The van der Waals surface area contributed by atoms with Gasteiger partial charge < -0.3 is 4.74 Å². The van der Waals surface area contributed by atoms with E-state index in [1.54, 1.807) is 7.11 Å². The number of rotatable bonds is 6. The van der Waals surface area contributed by atoms with Crippen LogP contribution >= 0.6 is 23.1 Å². The van der Waals surface area contributed by atoms with Crippen LogP contribution in [-0.4, -0.2) is 35.6 Å². The monoisotopic (exact) mass is 313 g/mol. The molecule has 1 heterocycles. The number of benzene rings is 1. The van der Waals surface area contributed by atoms with Crippen molar-refractivity contribution >= 4 is 34.1 Å². The van der Waals surface area contributed by atoms with Gasteiger partial charge in [0.25, 0.3) is 5.91 Å². The van der Waals surface area contributed by atoms with Gasteiger partial charge in [-0.3, -0.25) is 10.1 Å². The van der Waals surface area contributed by atoms with E-state index in [-0.39, 0.29) is 5.56 Å². The number of carbonyl (C=O) groups is 1. The number of anilines is 1. The Bertz CT molecular complexity index is 592. The van der Waals surface area contributed by atoms with E-state index in [4.69, 9.17) is 4.74 Å². The van der Waals surface area contributed by atoms with Gasteiger partial charge in [0.2, 0.25) is 5.13 Å². The zero-order valence-electron chi connectivity index (χ0n) is 10.6. The van der Waals surface area contributed by atoms with Crippen LogP contribution in [0.3, 0.4) is 0 Å². The number of methoxy groups -OCH3 is 1. The Labute approximate surface area is 123 Å². The zero-order valence-corrected chi connectivity index (χ0v) is 12.3. The Morgan fingerprint density at radius 2 is 2.35 bits per heavy atom. The number of thioether (sulfide) groups is 1. The molecule has 5 nitrogen and oxygen atoms in total. The summed E-state index contributed by atoms with van der Waals surface area (Å²) in [5, 5.41) is 10.8. The van der Waals surface area contributed by atoms with E-state index in [0.29, 0.717) is 11.7 Å². The van der Waals surface area contributed by atoms with Crippen LogP contribution in [0.25, 0.3) is 0 Å². The summed E-state index contributed by atoms with van der Waals surface area (Å²) in [6.45, 7) is 0.620. The summed E-state index contributed by atoms with van der Waals surface area (Å²) in [6.07, 6.45) is 0. The molecule has 0 aliphatic rings. The van der Waals surface area contributed by atoms with Crippen molar-refractivity contribution < 1.29 is 13.9 Å². The van der Waals surface area contributed by atoms with Gasteiger partial charge in [-0.1, -0.05) is 29.2 Å². The van der Waals surface area contributed by atoms with Crippen LogP contribution < -0.4 is 5.32 Å². The van der Waals surface area contributed by atoms with Gasteiger partial charge in [-0.15, -0.1) is 10.2 Å². The number of nitrogens with one attached hydrogen (secondary N) is 1. The zero-order chi connectivity index (χ0) is 14.4. The molecular weight excluding hydrogens is 301 g/mol. The molecule has 0 saturated heterocycles. The minimum atomic E-state index is -0.453. The predicted molar refractivity (Wildman–Crippen MR) is 76.9 cm³/mol. The lowest BCUT2D eigenvalue weighted by molar-refractivity contribution is 0.102. The highest BCUT2D eigenvalue weighted by atomic mass is 32.2. The molecule has 8 heteroatoms. The van der Waals surface area contributed by atoms with Crippen LogP contribution in [-0.2, 0) is 4.74 Å². The molecule has 1 aromatic heterocycles. The third-order valence-corrected chi connectivity index (χ3v) is 4.16. The van der Waals surface area contributed by atoms with Crippen LogP contribution in [0, 0.1) is 5.82 Å². The molecule has 20 heavy (non-hydrogen) atoms. The second kappa shape index (κ2) is 7.32. The Morgan fingerprint density at radius 3 is 3.10 bits per heavy atom. The van der Waals surface area contributed by atoms with Gasteiger partial charge >= 0.3 is 0 Å². The molecule has 0 bridgehead atoms. The Kier molecular flexibility index (Phi) is 5.45. The highest BCUT2D eigenvalue weighted by Gasteiger charge is 2.11. The van der Waals surface area contributed by atoms with E-state index in [1.807, 2.05) is 0 Å². The van der Waals surface area contributed by atoms with Gasteiger partial charge in [0.15, 0.2) is 4.34 Å². The van der Waals surface area contributed by atoms with Crippen LogP contribution in [0.15, 0.2) is 28.6 Å². The Hall–Kier alpha value is -1.51. The smallest absolute Gasteiger partial charge is 0.257 e. The summed E-state index contributed by atoms with van der Waals surface area (Å²) in [7, 11) is 1.63. The number of nitrogens with zero attached hydrogens (tertiary/aromatic N) is 2. The first-order valence-electron chi connectivity index (χ1n) is 5.71. The van der Waals surface area contributed by atoms with Crippen LogP contribution in [0.4, 0.5) is 9.52 Å². The summed E-state index contributed by atoms with van der Waals surface area (Å²) < 4.78 is 18.7. The van der Waals surface area contributed by atoms with E-state index in [2.05, 4.69) is 15.5 Å². The molecule has 2 aromatic rings. The standard InChI is InChI=1S/C12H12FN3O2S2/c1-18-5-6-19-12-16-15-11(20-12)14-10(17)8-3-2-4-9(13)7-8/h2-4,7H,5-6H2,1H3,(H,14,15,17). The maximum absolute atomic E-state index is 13.0. The number of amides is 1. The van der Waals surface area contributed by atoms with E-state index < -0.39 is 11.7 Å². The van der Waals surface area contributed by atoms with Crippen molar-refractivity contribution in [1.82, 2.24) is 10.2 Å². The van der Waals surface area contributed by atoms with Crippen molar-refractivity contribution in [1.29, 1.82) is 0 Å². The topological polar surface area (TPSA) is 64.1 Å². The molecule has 0 aliphatic heterocycles. The van der Waals surface area contributed by atoms with Gasteiger partial charge in [-0.05, 0) is 18.2 Å². The van der Waals surface area contributed by atoms with Crippen molar-refractivity contribution in [2.24, 2.45) is 0 Å². The van der Waals surface area contributed by atoms with E-state index in [9.17, 15) is 9.18 Å². The number of aromatic nitrogens is 2. The van der Waals surface area contributed by atoms with Gasteiger partial charge in [0, 0.05) is 18.4 Å². The molecule has 0 spiro atoms. The molecule has 0 fully saturated rings. The third kappa shape index (κ3) is 4.26. The molecule has 106 valence electrons. The van der Waals surface area contributed by atoms with Crippen molar-refractivity contribution in [3.05, 3.63) is 35.6 Å². The summed E-state index contributed by atoms with van der Waals surface area (Å²) in [5.41, 5.74) is 0.244. The fourth-order valence-corrected chi connectivity index (χ4v) is 3.05. The van der Waals surface area contributed by atoms with Gasteiger partial charge in [0.05, 0.1) is 6.61 Å².